The topological polar surface area (TPSA) is 102 Å². The summed E-state index contributed by atoms with van der Waals surface area (Å²) in [6, 6.07) is 6.41. The average molecular weight is 513 g/mol. The molecule has 3 aromatic rings. The number of carboxylic acid groups (broad SMARTS) is 1. The molecule has 3 atom stereocenters. The summed E-state index contributed by atoms with van der Waals surface area (Å²) in [7, 11) is 0. The lowest BCUT2D eigenvalue weighted by Gasteiger charge is -2.39. The van der Waals surface area contributed by atoms with Crippen molar-refractivity contribution < 1.29 is 23.6 Å². The van der Waals surface area contributed by atoms with Gasteiger partial charge in [0.05, 0.1) is 23.3 Å². The van der Waals surface area contributed by atoms with E-state index in [4.69, 9.17) is 20.9 Å². The summed E-state index contributed by atoms with van der Waals surface area (Å²) in [5.74, 6) is 0.0298. The highest BCUT2D eigenvalue weighted by molar-refractivity contribution is 6.33. The number of fused-ring (bicyclic) bond motifs is 2. The van der Waals surface area contributed by atoms with Gasteiger partial charge in [-0.05, 0) is 63.6 Å². The van der Waals surface area contributed by atoms with Gasteiger partial charge in [0.1, 0.15) is 17.3 Å². The number of nitrogens with zero attached hydrogens (tertiary/aromatic N) is 4. The van der Waals surface area contributed by atoms with Crippen LogP contribution in [-0.4, -0.2) is 44.4 Å². The van der Waals surface area contributed by atoms with Crippen LogP contribution in [0.2, 0.25) is 5.02 Å². The molecule has 4 heterocycles. The molecular formula is C26H26ClFN4O4. The number of aryl methyl sites for hydroxylation is 1. The number of benzene rings is 1. The highest BCUT2D eigenvalue weighted by Gasteiger charge is 2.43. The smallest absolute Gasteiger partial charge is 0.354 e. The molecule has 10 heteroatoms. The van der Waals surface area contributed by atoms with Crippen LogP contribution in [-0.2, 0) is 11.3 Å². The molecule has 2 bridgehead atoms. The van der Waals surface area contributed by atoms with E-state index in [1.54, 1.807) is 19.1 Å². The number of ether oxygens (including phenoxy) is 1. The zero-order chi connectivity index (χ0) is 25.0. The lowest BCUT2D eigenvalue weighted by Crippen LogP contribution is -2.46. The number of anilines is 1. The summed E-state index contributed by atoms with van der Waals surface area (Å²) >= 11 is 6.34. The Kier molecular flexibility index (Phi) is 5.92. The fraction of sp³-hybridized carbons (Fsp3) is 0.462. The van der Waals surface area contributed by atoms with Gasteiger partial charge in [0.2, 0.25) is 5.95 Å². The molecule has 8 nitrogen and oxygen atoms in total. The van der Waals surface area contributed by atoms with Crippen molar-refractivity contribution >= 4 is 23.5 Å². The number of carboxylic acids is 1. The molecule has 188 valence electrons. The Hall–Kier alpha value is -3.04. The molecule has 3 aliphatic rings. The molecule has 1 aromatic carbocycles. The fourth-order valence-electron chi connectivity index (χ4n) is 5.62. The highest BCUT2D eigenvalue weighted by Crippen LogP contribution is 2.46. The van der Waals surface area contributed by atoms with Gasteiger partial charge in [-0.15, -0.1) is 0 Å². The maximum absolute atomic E-state index is 14.7. The third kappa shape index (κ3) is 4.24. The van der Waals surface area contributed by atoms with E-state index in [0.717, 1.165) is 49.8 Å². The quantitative estimate of drug-likeness (QED) is 0.441. The number of rotatable bonds is 7. The molecular weight excluding hydrogens is 487 g/mol. The molecule has 36 heavy (non-hydrogen) atoms. The summed E-state index contributed by atoms with van der Waals surface area (Å²) in [6.07, 6.45) is 5.52. The van der Waals surface area contributed by atoms with Gasteiger partial charge in [-0.25, -0.2) is 19.2 Å². The van der Waals surface area contributed by atoms with Gasteiger partial charge in [0.15, 0.2) is 5.69 Å². The predicted octanol–water partition coefficient (Wildman–Crippen LogP) is 5.52. The van der Waals surface area contributed by atoms with Crippen LogP contribution in [0.15, 0.2) is 28.8 Å². The Morgan fingerprint density at radius 1 is 1.22 bits per heavy atom. The monoisotopic (exact) mass is 512 g/mol. The Bertz CT molecular complexity index is 1290. The van der Waals surface area contributed by atoms with Crippen LogP contribution in [0.5, 0.6) is 0 Å². The van der Waals surface area contributed by atoms with E-state index in [2.05, 4.69) is 20.0 Å². The summed E-state index contributed by atoms with van der Waals surface area (Å²) < 4.78 is 26.8. The second-order valence-corrected chi connectivity index (χ2v) is 10.3. The minimum absolute atomic E-state index is 0.00611. The van der Waals surface area contributed by atoms with Crippen LogP contribution in [0.4, 0.5) is 10.3 Å². The number of hydrogen-bond donors (Lipinski definition) is 1. The molecule has 2 saturated heterocycles. The first kappa shape index (κ1) is 23.4. The number of aromatic carboxylic acids is 1. The summed E-state index contributed by atoms with van der Waals surface area (Å²) in [4.78, 5) is 22.5. The van der Waals surface area contributed by atoms with E-state index in [9.17, 15) is 14.3 Å². The molecule has 0 unspecified atom stereocenters. The van der Waals surface area contributed by atoms with E-state index in [1.807, 2.05) is 0 Å². The lowest BCUT2D eigenvalue weighted by atomic mass is 9.99. The number of piperidine rings is 1. The van der Waals surface area contributed by atoms with Gasteiger partial charge in [0, 0.05) is 29.3 Å². The largest absolute Gasteiger partial charge is 0.477 e. The molecule has 1 aliphatic carbocycles. The van der Waals surface area contributed by atoms with Crippen molar-refractivity contribution in [2.45, 2.75) is 76.2 Å². The third-order valence-corrected chi connectivity index (χ3v) is 7.73. The maximum atomic E-state index is 14.7. The van der Waals surface area contributed by atoms with Crippen molar-refractivity contribution in [1.29, 1.82) is 0 Å². The molecule has 6 rings (SSSR count). The van der Waals surface area contributed by atoms with Crippen LogP contribution in [0.1, 0.15) is 71.9 Å². The molecule has 0 amide bonds. The second kappa shape index (κ2) is 9.12. The number of hydrogen-bond acceptors (Lipinski definition) is 7. The minimum Gasteiger partial charge on any atom is -0.477 e. The third-order valence-electron chi connectivity index (χ3n) is 7.41. The molecule has 3 fully saturated rings. The first-order valence-electron chi connectivity index (χ1n) is 12.3. The number of aromatic nitrogens is 3. The zero-order valence-corrected chi connectivity index (χ0v) is 20.5. The van der Waals surface area contributed by atoms with Gasteiger partial charge >= 0.3 is 5.97 Å². The second-order valence-electron chi connectivity index (χ2n) is 9.94. The first-order chi connectivity index (χ1) is 17.4. The molecule has 2 aliphatic heterocycles. The molecule has 0 spiro atoms. The Labute approximate surface area is 212 Å². The van der Waals surface area contributed by atoms with E-state index in [-0.39, 0.29) is 47.0 Å². The zero-order valence-electron chi connectivity index (χ0n) is 19.8. The highest BCUT2D eigenvalue weighted by atomic mass is 35.5. The average Bonchev–Trinajstić information content (AvgIpc) is 3.54. The number of halogens is 2. The van der Waals surface area contributed by atoms with Crippen LogP contribution >= 0.6 is 11.6 Å². The van der Waals surface area contributed by atoms with Crippen LogP contribution in [0.25, 0.3) is 11.3 Å². The van der Waals surface area contributed by atoms with E-state index in [0.29, 0.717) is 17.3 Å². The molecule has 0 radical (unpaired) electrons. The predicted molar refractivity (Wildman–Crippen MR) is 130 cm³/mol. The van der Waals surface area contributed by atoms with E-state index < -0.39 is 11.8 Å². The van der Waals surface area contributed by atoms with Crippen molar-refractivity contribution in [2.24, 2.45) is 0 Å². The molecule has 1 saturated carbocycles. The van der Waals surface area contributed by atoms with Gasteiger partial charge in [-0.1, -0.05) is 22.8 Å². The Morgan fingerprint density at radius 2 is 1.97 bits per heavy atom. The number of carbonyl (C=O) groups is 1. The van der Waals surface area contributed by atoms with Crippen molar-refractivity contribution in [3.63, 3.8) is 0 Å². The minimum atomic E-state index is -1.06. The van der Waals surface area contributed by atoms with E-state index in [1.165, 1.54) is 12.1 Å². The lowest BCUT2D eigenvalue weighted by molar-refractivity contribution is 0.0144. The van der Waals surface area contributed by atoms with Crippen molar-refractivity contribution in [3.05, 3.63) is 57.8 Å². The SMILES string of the molecule is Cc1cc(C(=O)O)nc(N2[C@@H]3CC[C@H]2C[C@H](OCc2c(-c4c(F)cccc4Cl)noc2C2CC2)C3)n1. The maximum Gasteiger partial charge on any atom is 0.354 e. The molecule has 2 aromatic heterocycles. The van der Waals surface area contributed by atoms with Crippen molar-refractivity contribution in [1.82, 2.24) is 15.1 Å². The van der Waals surface area contributed by atoms with Gasteiger partial charge in [-0.3, -0.25) is 0 Å². The fourth-order valence-corrected chi connectivity index (χ4v) is 5.87. The van der Waals surface area contributed by atoms with Crippen LogP contribution in [0.3, 0.4) is 0 Å². The van der Waals surface area contributed by atoms with E-state index >= 15 is 0 Å². The molecule has 1 N–H and O–H groups in total. The summed E-state index contributed by atoms with van der Waals surface area (Å²) in [6.45, 7) is 2.05. The Balaban J connectivity index is 1.21. The summed E-state index contributed by atoms with van der Waals surface area (Å²) in [5.41, 5.74) is 2.07. The van der Waals surface area contributed by atoms with Crippen molar-refractivity contribution in [3.8, 4) is 11.3 Å². The standard InChI is InChI=1S/C26H26ClFN4O4/c1-13-9-21(25(33)34)30-26(29-13)32-15-7-8-16(32)11-17(10-15)35-12-18-23(31-36-24(18)14-5-6-14)22-19(27)3-2-4-20(22)28/h2-4,9,14-17H,5-8,10-12H2,1H3,(H,33,34)/t15-,16+,17-. The Morgan fingerprint density at radius 3 is 2.64 bits per heavy atom. The summed E-state index contributed by atoms with van der Waals surface area (Å²) in [5, 5.41) is 13.9. The van der Waals surface area contributed by atoms with Crippen LogP contribution in [0, 0.1) is 12.7 Å². The van der Waals surface area contributed by atoms with Gasteiger partial charge in [0.25, 0.3) is 0 Å². The van der Waals surface area contributed by atoms with Crippen LogP contribution < -0.4 is 4.90 Å². The van der Waals surface area contributed by atoms with Gasteiger partial charge in [-0.2, -0.15) is 0 Å². The normalized spacial score (nSPS) is 23.3. The van der Waals surface area contributed by atoms with Gasteiger partial charge < -0.3 is 19.3 Å². The van der Waals surface area contributed by atoms with Crippen molar-refractivity contribution in [2.75, 3.05) is 4.90 Å². The first-order valence-corrected chi connectivity index (χ1v) is 12.7.